The highest BCUT2D eigenvalue weighted by Gasteiger charge is 2.07. The van der Waals surface area contributed by atoms with Crippen LogP contribution in [0.4, 0.5) is 0 Å². The third-order valence-electron chi connectivity index (χ3n) is 2.85. The highest BCUT2D eigenvalue weighted by atomic mass is 16.5. The van der Waals surface area contributed by atoms with Crippen LogP contribution in [-0.2, 0) is 9.59 Å². The van der Waals surface area contributed by atoms with E-state index in [-0.39, 0.29) is 24.9 Å². The predicted octanol–water partition coefficient (Wildman–Crippen LogP) is 0.380. The first-order valence-electron chi connectivity index (χ1n) is 6.99. The van der Waals surface area contributed by atoms with Crippen molar-refractivity contribution in [1.29, 1.82) is 0 Å². The van der Waals surface area contributed by atoms with Gasteiger partial charge in [-0.15, -0.1) is 0 Å². The van der Waals surface area contributed by atoms with Crippen LogP contribution in [0.25, 0.3) is 0 Å². The van der Waals surface area contributed by atoms with Gasteiger partial charge in [0.15, 0.2) is 0 Å². The van der Waals surface area contributed by atoms with Gasteiger partial charge in [-0.2, -0.15) is 0 Å². The van der Waals surface area contributed by atoms with Gasteiger partial charge in [-0.05, 0) is 17.5 Å². The van der Waals surface area contributed by atoms with E-state index in [4.69, 9.17) is 10.5 Å². The van der Waals surface area contributed by atoms with E-state index in [1.807, 2.05) is 24.3 Å². The van der Waals surface area contributed by atoms with Gasteiger partial charge < -0.3 is 21.1 Å². The van der Waals surface area contributed by atoms with Gasteiger partial charge in [-0.1, -0.05) is 32.0 Å². The number of nitrogens with one attached hydrogen (secondary N) is 2. The Labute approximate surface area is 125 Å². The van der Waals surface area contributed by atoms with Crippen molar-refractivity contribution in [2.75, 3.05) is 26.2 Å². The molecule has 0 aromatic heterocycles. The molecule has 0 saturated heterocycles. The molecule has 116 valence electrons. The van der Waals surface area contributed by atoms with Crippen LogP contribution in [-0.4, -0.2) is 38.1 Å². The van der Waals surface area contributed by atoms with Crippen molar-refractivity contribution in [1.82, 2.24) is 10.6 Å². The van der Waals surface area contributed by atoms with Crippen LogP contribution in [0.1, 0.15) is 25.3 Å². The fraction of sp³-hybridized carbons (Fsp3) is 0.467. The van der Waals surface area contributed by atoms with Crippen LogP contribution in [0.5, 0.6) is 5.75 Å². The first kappa shape index (κ1) is 17.0. The average molecular weight is 293 g/mol. The Balaban J connectivity index is 2.28. The molecule has 0 heterocycles. The first-order chi connectivity index (χ1) is 10.0. The second-order valence-electron chi connectivity index (χ2n) is 4.87. The van der Waals surface area contributed by atoms with Gasteiger partial charge in [0.05, 0.1) is 19.6 Å². The predicted molar refractivity (Wildman–Crippen MR) is 81.1 cm³/mol. The minimum absolute atomic E-state index is 0.0708. The van der Waals surface area contributed by atoms with Gasteiger partial charge in [0.2, 0.25) is 11.8 Å². The summed E-state index contributed by atoms with van der Waals surface area (Å²) < 4.78 is 5.67. The zero-order chi connectivity index (χ0) is 15.7. The van der Waals surface area contributed by atoms with E-state index in [1.54, 1.807) is 0 Å². The fourth-order valence-electron chi connectivity index (χ4n) is 1.75. The molecule has 0 unspecified atom stereocenters. The lowest BCUT2D eigenvalue weighted by molar-refractivity contribution is -0.125. The van der Waals surface area contributed by atoms with E-state index >= 15 is 0 Å². The molecule has 1 aromatic rings. The molecule has 6 nitrogen and oxygen atoms in total. The molecule has 0 radical (unpaired) electrons. The van der Waals surface area contributed by atoms with Gasteiger partial charge in [0, 0.05) is 0 Å². The molecule has 1 aromatic carbocycles. The number of hydrogen-bond donors (Lipinski definition) is 3. The Hall–Kier alpha value is -2.08. The second kappa shape index (κ2) is 8.97. The number of carbonyl (C=O) groups excluding carboxylic acids is 2. The monoisotopic (exact) mass is 293 g/mol. The first-order valence-corrected chi connectivity index (χ1v) is 6.99. The average Bonchev–Trinajstić information content (AvgIpc) is 2.49. The maximum atomic E-state index is 11.4. The summed E-state index contributed by atoms with van der Waals surface area (Å²) >= 11 is 0. The van der Waals surface area contributed by atoms with E-state index < -0.39 is 0 Å². The number of carbonyl (C=O) groups is 2. The normalized spacial score (nSPS) is 10.3. The molecule has 0 aliphatic carbocycles. The largest absolute Gasteiger partial charge is 0.491 e. The molecule has 0 fully saturated rings. The summed E-state index contributed by atoms with van der Waals surface area (Å²) in [5.41, 5.74) is 6.26. The molecule has 21 heavy (non-hydrogen) atoms. The number of para-hydroxylation sites is 1. The molecule has 2 amide bonds. The topological polar surface area (TPSA) is 93.5 Å². The van der Waals surface area contributed by atoms with E-state index in [0.29, 0.717) is 19.1 Å². The van der Waals surface area contributed by atoms with Gasteiger partial charge in [0.1, 0.15) is 12.4 Å². The molecule has 1 rings (SSSR count). The third kappa shape index (κ3) is 6.27. The zero-order valence-corrected chi connectivity index (χ0v) is 12.5. The lowest BCUT2D eigenvalue weighted by atomic mass is 10.0. The van der Waals surface area contributed by atoms with Crippen LogP contribution in [0.15, 0.2) is 24.3 Å². The quantitative estimate of drug-likeness (QED) is 0.604. The lowest BCUT2D eigenvalue weighted by Crippen LogP contribution is -2.40. The molecular formula is C15H23N3O3. The lowest BCUT2D eigenvalue weighted by Gasteiger charge is -2.14. The Morgan fingerprint density at radius 3 is 2.57 bits per heavy atom. The van der Waals surface area contributed by atoms with E-state index in [1.165, 1.54) is 0 Å². The number of nitrogens with two attached hydrogens (primary N) is 1. The zero-order valence-electron chi connectivity index (χ0n) is 12.5. The van der Waals surface area contributed by atoms with Gasteiger partial charge in [0.25, 0.3) is 0 Å². The van der Waals surface area contributed by atoms with E-state index in [0.717, 1.165) is 11.3 Å². The molecule has 0 aliphatic heterocycles. The van der Waals surface area contributed by atoms with Crippen molar-refractivity contribution < 1.29 is 14.3 Å². The number of amides is 2. The number of rotatable bonds is 8. The molecule has 6 heteroatoms. The van der Waals surface area contributed by atoms with Crippen LogP contribution in [0.2, 0.25) is 0 Å². The molecule has 0 aliphatic rings. The highest BCUT2D eigenvalue weighted by molar-refractivity contribution is 5.85. The van der Waals surface area contributed by atoms with E-state index in [2.05, 4.69) is 24.5 Å². The maximum absolute atomic E-state index is 11.4. The molecular weight excluding hydrogens is 270 g/mol. The summed E-state index contributed by atoms with van der Waals surface area (Å²) in [4.78, 5) is 22.3. The second-order valence-corrected chi connectivity index (χ2v) is 4.87. The summed E-state index contributed by atoms with van der Waals surface area (Å²) in [7, 11) is 0. The van der Waals surface area contributed by atoms with Crippen molar-refractivity contribution >= 4 is 11.8 Å². The Morgan fingerprint density at radius 2 is 1.90 bits per heavy atom. The van der Waals surface area contributed by atoms with Gasteiger partial charge >= 0.3 is 0 Å². The molecule has 0 atom stereocenters. The van der Waals surface area contributed by atoms with Crippen molar-refractivity contribution in [2.45, 2.75) is 19.8 Å². The summed E-state index contributed by atoms with van der Waals surface area (Å²) in [6.07, 6.45) is 0. The summed E-state index contributed by atoms with van der Waals surface area (Å²) in [6.45, 7) is 4.76. The van der Waals surface area contributed by atoms with Crippen LogP contribution >= 0.6 is 0 Å². The van der Waals surface area contributed by atoms with Crippen molar-refractivity contribution in [2.24, 2.45) is 5.73 Å². The fourth-order valence-corrected chi connectivity index (χ4v) is 1.75. The van der Waals surface area contributed by atoms with Crippen molar-refractivity contribution in [3.8, 4) is 5.75 Å². The maximum Gasteiger partial charge on any atom is 0.239 e. The Bertz CT molecular complexity index is 475. The van der Waals surface area contributed by atoms with Gasteiger partial charge in [-0.3, -0.25) is 9.59 Å². The van der Waals surface area contributed by atoms with Crippen molar-refractivity contribution in [3.05, 3.63) is 29.8 Å². The molecule has 4 N–H and O–H groups in total. The standard InChI is InChI=1S/C15H23N3O3/c1-11(2)12-5-3-4-6-13(12)21-8-7-17-15(20)10-18-14(19)9-16/h3-6,11H,7-10,16H2,1-2H3,(H,17,20)(H,18,19). The third-order valence-corrected chi connectivity index (χ3v) is 2.85. The molecule has 0 bridgehead atoms. The number of ether oxygens (including phenoxy) is 1. The summed E-state index contributed by atoms with van der Waals surface area (Å²) in [6, 6.07) is 7.84. The minimum Gasteiger partial charge on any atom is -0.491 e. The smallest absolute Gasteiger partial charge is 0.239 e. The summed E-state index contributed by atoms with van der Waals surface area (Å²) in [5.74, 6) is 0.588. The van der Waals surface area contributed by atoms with Crippen LogP contribution in [0.3, 0.4) is 0 Å². The number of benzene rings is 1. The van der Waals surface area contributed by atoms with Crippen LogP contribution in [0, 0.1) is 0 Å². The van der Waals surface area contributed by atoms with E-state index in [9.17, 15) is 9.59 Å². The van der Waals surface area contributed by atoms with Gasteiger partial charge in [-0.25, -0.2) is 0 Å². The highest BCUT2D eigenvalue weighted by Crippen LogP contribution is 2.25. The number of hydrogen-bond acceptors (Lipinski definition) is 4. The van der Waals surface area contributed by atoms with Crippen molar-refractivity contribution in [3.63, 3.8) is 0 Å². The SMILES string of the molecule is CC(C)c1ccccc1OCCNC(=O)CNC(=O)CN. The molecule has 0 spiro atoms. The molecule has 0 saturated carbocycles. The van der Waals surface area contributed by atoms with Crippen LogP contribution < -0.4 is 21.1 Å². The Kier molecular flexibility index (Phi) is 7.25. The minimum atomic E-state index is -0.354. The summed E-state index contributed by atoms with van der Waals surface area (Å²) in [5, 5.41) is 5.06. The Morgan fingerprint density at radius 1 is 1.19 bits per heavy atom.